The van der Waals surface area contributed by atoms with E-state index in [4.69, 9.17) is 5.26 Å². The van der Waals surface area contributed by atoms with Crippen LogP contribution in [-0.4, -0.2) is 9.36 Å². The molecule has 0 atom stereocenters. The van der Waals surface area contributed by atoms with Crippen molar-refractivity contribution in [1.29, 1.82) is 5.26 Å². The molecule has 1 N–H and O–H groups in total. The molecule has 0 saturated heterocycles. The molecule has 2 rings (SSSR count). The fraction of sp³-hybridized carbons (Fsp3) is 0.100. The third kappa shape index (κ3) is 2.15. The van der Waals surface area contributed by atoms with Crippen LogP contribution in [-0.2, 0) is 0 Å². The predicted molar refractivity (Wildman–Crippen MR) is 59.0 cm³/mol. The first-order chi connectivity index (χ1) is 7.69. The normalized spacial score (nSPS) is 9.81. The lowest BCUT2D eigenvalue weighted by atomic mass is 10.2. The summed E-state index contributed by atoms with van der Waals surface area (Å²) in [6, 6.07) is 5.89. The molecule has 80 valence electrons. The maximum absolute atomic E-state index is 12.9. The average Bonchev–Trinajstić information content (AvgIpc) is 2.67. The van der Waals surface area contributed by atoms with Crippen LogP contribution in [0.4, 0.5) is 15.2 Å². The Labute approximate surface area is 95.5 Å². The molecule has 0 bridgehead atoms. The second-order valence-electron chi connectivity index (χ2n) is 3.07. The van der Waals surface area contributed by atoms with Crippen LogP contribution >= 0.6 is 11.5 Å². The highest BCUT2D eigenvalue weighted by Crippen LogP contribution is 2.22. The molecule has 0 aliphatic rings. The molecule has 0 aliphatic carbocycles. The van der Waals surface area contributed by atoms with E-state index >= 15 is 0 Å². The Bertz CT molecular complexity index is 558. The lowest BCUT2D eigenvalue weighted by molar-refractivity contribution is 0.627. The Hall–Kier alpha value is -2.00. The molecular formula is C10H7FN4S. The summed E-state index contributed by atoms with van der Waals surface area (Å²) in [5.41, 5.74) is 0.771. The van der Waals surface area contributed by atoms with Crippen molar-refractivity contribution in [1.82, 2.24) is 9.36 Å². The molecule has 6 heteroatoms. The Balaban J connectivity index is 2.31. The number of nitrogens with zero attached hydrogens (tertiary/aromatic N) is 3. The molecule has 1 aromatic carbocycles. The first-order valence-corrected chi connectivity index (χ1v) is 5.23. The lowest BCUT2D eigenvalue weighted by Crippen LogP contribution is -1.93. The number of nitriles is 1. The fourth-order valence-corrected chi connectivity index (χ4v) is 1.77. The Morgan fingerprint density at radius 3 is 2.94 bits per heavy atom. The Morgan fingerprint density at radius 1 is 1.50 bits per heavy atom. The number of halogens is 1. The number of nitrogens with one attached hydrogen (secondary N) is 1. The van der Waals surface area contributed by atoms with Gasteiger partial charge in [0.05, 0.1) is 11.3 Å². The first kappa shape index (κ1) is 10.5. The molecular weight excluding hydrogens is 227 g/mol. The van der Waals surface area contributed by atoms with Gasteiger partial charge in [-0.15, -0.1) is 0 Å². The third-order valence-corrected chi connectivity index (χ3v) is 2.59. The number of aryl methyl sites for hydroxylation is 1. The topological polar surface area (TPSA) is 61.6 Å². The van der Waals surface area contributed by atoms with E-state index in [-0.39, 0.29) is 5.56 Å². The maximum Gasteiger partial charge on any atom is 0.207 e. The van der Waals surface area contributed by atoms with Gasteiger partial charge in [0.25, 0.3) is 0 Å². The van der Waals surface area contributed by atoms with Crippen molar-refractivity contribution in [3.05, 3.63) is 35.4 Å². The van der Waals surface area contributed by atoms with E-state index in [0.717, 1.165) is 0 Å². The summed E-state index contributed by atoms with van der Waals surface area (Å²) < 4.78 is 16.9. The highest BCUT2D eigenvalue weighted by atomic mass is 32.1. The van der Waals surface area contributed by atoms with Gasteiger partial charge in [-0.05, 0) is 25.1 Å². The van der Waals surface area contributed by atoms with E-state index < -0.39 is 5.82 Å². The molecule has 0 spiro atoms. The highest BCUT2D eigenvalue weighted by Gasteiger charge is 2.06. The quantitative estimate of drug-likeness (QED) is 0.867. The van der Waals surface area contributed by atoms with E-state index in [0.29, 0.717) is 16.6 Å². The molecule has 1 heterocycles. The van der Waals surface area contributed by atoms with Gasteiger partial charge in [0.15, 0.2) is 0 Å². The second kappa shape index (κ2) is 4.24. The molecule has 0 unspecified atom stereocenters. The summed E-state index contributed by atoms with van der Waals surface area (Å²) in [5.74, 6) is 0.226. The molecule has 16 heavy (non-hydrogen) atoms. The van der Waals surface area contributed by atoms with Crippen LogP contribution in [0.3, 0.4) is 0 Å². The fourth-order valence-electron chi connectivity index (χ4n) is 1.18. The number of hydrogen-bond acceptors (Lipinski definition) is 5. The summed E-state index contributed by atoms with van der Waals surface area (Å²) in [6.45, 7) is 1.78. The van der Waals surface area contributed by atoms with E-state index in [2.05, 4.69) is 14.7 Å². The minimum absolute atomic E-state index is 0.243. The van der Waals surface area contributed by atoms with Crippen LogP contribution in [0.2, 0.25) is 0 Å². The summed E-state index contributed by atoms with van der Waals surface area (Å²) in [4.78, 5) is 4.10. The average molecular weight is 234 g/mol. The Morgan fingerprint density at radius 2 is 2.31 bits per heavy atom. The first-order valence-electron chi connectivity index (χ1n) is 4.46. The second-order valence-corrected chi connectivity index (χ2v) is 3.83. The predicted octanol–water partition coefficient (Wildman–Crippen LogP) is 2.60. The number of hydrogen-bond donors (Lipinski definition) is 1. The van der Waals surface area contributed by atoms with Crippen molar-refractivity contribution < 1.29 is 4.39 Å². The van der Waals surface area contributed by atoms with Gasteiger partial charge in [0.1, 0.15) is 17.7 Å². The van der Waals surface area contributed by atoms with Crippen LogP contribution in [0.5, 0.6) is 0 Å². The SMILES string of the molecule is Cc1nsc(Nc2ccc(F)cc2C#N)n1. The van der Waals surface area contributed by atoms with E-state index in [9.17, 15) is 4.39 Å². The van der Waals surface area contributed by atoms with Crippen molar-refractivity contribution in [3.8, 4) is 6.07 Å². The number of aromatic nitrogens is 2. The minimum Gasteiger partial charge on any atom is -0.329 e. The molecule has 4 nitrogen and oxygen atoms in total. The molecule has 0 aliphatic heterocycles. The minimum atomic E-state index is -0.435. The lowest BCUT2D eigenvalue weighted by Gasteiger charge is -2.03. The summed E-state index contributed by atoms with van der Waals surface area (Å²) in [7, 11) is 0. The number of rotatable bonds is 2. The molecule has 0 saturated carbocycles. The molecule has 1 aromatic heterocycles. The van der Waals surface area contributed by atoms with E-state index in [1.165, 1.54) is 29.7 Å². The van der Waals surface area contributed by atoms with Crippen LogP contribution in [0.15, 0.2) is 18.2 Å². The summed E-state index contributed by atoms with van der Waals surface area (Å²) in [5, 5.41) is 12.3. The zero-order chi connectivity index (χ0) is 11.5. The number of benzene rings is 1. The van der Waals surface area contributed by atoms with Gasteiger partial charge >= 0.3 is 0 Å². The van der Waals surface area contributed by atoms with Gasteiger partial charge < -0.3 is 5.32 Å². The van der Waals surface area contributed by atoms with Gasteiger partial charge in [0.2, 0.25) is 5.13 Å². The summed E-state index contributed by atoms with van der Waals surface area (Å²) >= 11 is 1.19. The standard InChI is InChI=1S/C10H7FN4S/c1-6-13-10(16-15-6)14-9-3-2-8(11)4-7(9)5-12/h2-4H,1H3,(H,13,14,15). The molecule has 0 amide bonds. The highest BCUT2D eigenvalue weighted by molar-refractivity contribution is 7.09. The Kier molecular flexibility index (Phi) is 2.79. The van der Waals surface area contributed by atoms with Crippen LogP contribution in [0.1, 0.15) is 11.4 Å². The third-order valence-electron chi connectivity index (χ3n) is 1.87. The summed E-state index contributed by atoms with van der Waals surface area (Å²) in [6.07, 6.45) is 0. The zero-order valence-corrected chi connectivity index (χ0v) is 9.18. The monoisotopic (exact) mass is 234 g/mol. The zero-order valence-electron chi connectivity index (χ0n) is 8.36. The van der Waals surface area contributed by atoms with Crippen LogP contribution in [0, 0.1) is 24.1 Å². The van der Waals surface area contributed by atoms with Gasteiger partial charge in [-0.1, -0.05) is 0 Å². The van der Waals surface area contributed by atoms with Crippen molar-refractivity contribution in [2.24, 2.45) is 0 Å². The number of anilines is 2. The maximum atomic E-state index is 12.9. The van der Waals surface area contributed by atoms with Gasteiger partial charge in [-0.2, -0.15) is 9.64 Å². The molecule has 0 fully saturated rings. The molecule has 2 aromatic rings. The largest absolute Gasteiger partial charge is 0.329 e. The smallest absolute Gasteiger partial charge is 0.207 e. The van der Waals surface area contributed by atoms with Crippen molar-refractivity contribution in [2.75, 3.05) is 5.32 Å². The van der Waals surface area contributed by atoms with Crippen LogP contribution < -0.4 is 5.32 Å². The van der Waals surface area contributed by atoms with Crippen LogP contribution in [0.25, 0.3) is 0 Å². The van der Waals surface area contributed by atoms with Crippen molar-refractivity contribution in [2.45, 2.75) is 6.92 Å². The van der Waals surface area contributed by atoms with Gasteiger partial charge in [0, 0.05) is 11.5 Å². The van der Waals surface area contributed by atoms with Gasteiger partial charge in [-0.3, -0.25) is 0 Å². The van der Waals surface area contributed by atoms with Crippen molar-refractivity contribution in [3.63, 3.8) is 0 Å². The van der Waals surface area contributed by atoms with E-state index in [1.807, 2.05) is 6.07 Å². The molecule has 0 radical (unpaired) electrons. The van der Waals surface area contributed by atoms with Crippen molar-refractivity contribution >= 4 is 22.4 Å². The van der Waals surface area contributed by atoms with E-state index in [1.54, 1.807) is 6.92 Å². The van der Waals surface area contributed by atoms with Gasteiger partial charge in [-0.25, -0.2) is 9.37 Å².